The molecule has 1 aliphatic heterocycles. The number of hydrogen-bond acceptors (Lipinski definition) is 6. The van der Waals surface area contributed by atoms with Crippen LogP contribution in [0.2, 0.25) is 10.0 Å². The molecule has 7 nitrogen and oxygen atoms in total. The van der Waals surface area contributed by atoms with Crippen molar-refractivity contribution in [3.8, 4) is 28.2 Å². The van der Waals surface area contributed by atoms with E-state index in [0.717, 1.165) is 29.8 Å². The van der Waals surface area contributed by atoms with E-state index in [1.54, 1.807) is 18.2 Å². The Morgan fingerprint density at radius 2 is 1.28 bits per heavy atom. The zero-order valence-electron chi connectivity index (χ0n) is 29.7. The van der Waals surface area contributed by atoms with E-state index < -0.39 is 15.5 Å². The van der Waals surface area contributed by atoms with Crippen LogP contribution in [-0.2, 0) is 10.1 Å². The summed E-state index contributed by atoms with van der Waals surface area (Å²) >= 11 is 18.2. The molecule has 54 heavy (non-hydrogen) atoms. The first-order valence-corrected chi connectivity index (χ1v) is 20.1. The van der Waals surface area contributed by atoms with E-state index >= 15 is 0 Å². The topological polar surface area (TPSA) is 97.1 Å². The second kappa shape index (κ2) is 17.3. The third-order valence-corrected chi connectivity index (χ3v) is 10.8. The van der Waals surface area contributed by atoms with Crippen LogP contribution in [0.1, 0.15) is 61.8 Å². The summed E-state index contributed by atoms with van der Waals surface area (Å²) in [6.07, 6.45) is 12.5. The lowest BCUT2D eigenvalue weighted by atomic mass is 9.93. The largest absolute Gasteiger partial charge is 0.456 e. The van der Waals surface area contributed by atoms with Crippen LogP contribution in [0, 0.1) is 0 Å². The fraction of sp³-hybridized carbons (Fsp3) is 0.186. The van der Waals surface area contributed by atoms with Gasteiger partial charge in [-0.05, 0) is 65.4 Å². The first-order valence-electron chi connectivity index (χ1n) is 17.6. The summed E-state index contributed by atoms with van der Waals surface area (Å²) in [5.41, 5.74) is 5.33. The van der Waals surface area contributed by atoms with E-state index in [1.165, 1.54) is 61.7 Å². The number of nitrogens with zero attached hydrogens (tertiary/aromatic N) is 1. The van der Waals surface area contributed by atoms with Gasteiger partial charge in [-0.1, -0.05) is 123 Å². The summed E-state index contributed by atoms with van der Waals surface area (Å²) in [5, 5.41) is 0.395. The van der Waals surface area contributed by atoms with Gasteiger partial charge < -0.3 is 13.6 Å². The van der Waals surface area contributed by atoms with Crippen LogP contribution in [0.25, 0.3) is 57.7 Å². The van der Waals surface area contributed by atoms with Crippen molar-refractivity contribution in [1.29, 1.82) is 0 Å². The van der Waals surface area contributed by atoms with Crippen molar-refractivity contribution >= 4 is 86.1 Å². The van der Waals surface area contributed by atoms with E-state index in [2.05, 4.69) is 55.2 Å². The number of unbranched alkanes of at least 4 members (excludes halogenated alkanes) is 2. The molecule has 0 radical (unpaired) electrons. The number of benzene rings is 5. The summed E-state index contributed by atoms with van der Waals surface area (Å²) in [5.74, 6) is 0.218. The summed E-state index contributed by atoms with van der Waals surface area (Å²) in [6, 6.07) is 26.8. The van der Waals surface area contributed by atoms with Crippen molar-refractivity contribution in [2.24, 2.45) is 0 Å². The molecule has 0 saturated carbocycles. The van der Waals surface area contributed by atoms with Crippen molar-refractivity contribution in [2.45, 2.75) is 44.4 Å². The molecule has 0 spiro atoms. The lowest BCUT2D eigenvalue weighted by Gasteiger charge is -2.24. The molecule has 0 atom stereocenters. The Morgan fingerprint density at radius 1 is 0.722 bits per heavy atom. The molecular formula is C43H38Cl3NO6S. The third kappa shape index (κ3) is 9.03. The molecule has 4 aromatic carbocycles. The number of rotatable bonds is 14. The molecule has 2 aliphatic rings. The molecule has 0 unspecified atom stereocenters. The second-order valence-corrected chi connectivity index (χ2v) is 15.3. The Balaban J connectivity index is 1.27. The van der Waals surface area contributed by atoms with Gasteiger partial charge in [0.05, 0.1) is 10.0 Å². The Hall–Kier alpha value is -4.57. The molecule has 1 aliphatic carbocycles. The van der Waals surface area contributed by atoms with Crippen molar-refractivity contribution in [3.63, 3.8) is 0 Å². The maximum Gasteiger partial charge on any atom is 0.295 e. The van der Waals surface area contributed by atoms with Crippen LogP contribution in [0.4, 0.5) is 5.69 Å². The van der Waals surface area contributed by atoms with Gasteiger partial charge in [0, 0.05) is 53.0 Å². The zero-order chi connectivity index (χ0) is 38.4. The average molecular weight is 803 g/mol. The maximum absolute atomic E-state index is 12.9. The van der Waals surface area contributed by atoms with Gasteiger partial charge in [0.2, 0.25) is 5.43 Å². The minimum absolute atomic E-state index is 0.0906. The summed E-state index contributed by atoms with van der Waals surface area (Å²) < 4.78 is 47.1. The van der Waals surface area contributed by atoms with Crippen molar-refractivity contribution < 1.29 is 21.7 Å². The maximum atomic E-state index is 12.9. The van der Waals surface area contributed by atoms with Crippen molar-refractivity contribution in [2.75, 3.05) is 18.0 Å². The fourth-order valence-electron chi connectivity index (χ4n) is 6.27. The predicted molar refractivity (Wildman–Crippen MR) is 224 cm³/mol. The highest BCUT2D eigenvalue weighted by Gasteiger charge is 2.26. The number of halogens is 3. The Bertz CT molecular complexity index is 2470. The molecule has 0 bridgehead atoms. The predicted octanol–water partition coefficient (Wildman–Crippen LogP) is 12.4. The van der Waals surface area contributed by atoms with Crippen LogP contribution in [0.5, 0.6) is 5.75 Å². The highest BCUT2D eigenvalue weighted by Crippen LogP contribution is 2.45. The SMILES string of the molecule is CCCCN(CCCC)c1ccc(/C=C/c2ccc(/C=C/c3ccc(-c4c5cc(Cl)c(=O)cc-5oc5cc(OCl)c(Cl)cc45)c(S(=O)(=O)O)c3)cc2)cc1. The summed E-state index contributed by atoms with van der Waals surface area (Å²) in [4.78, 5) is 14.5. The van der Waals surface area contributed by atoms with Gasteiger partial charge in [-0.15, -0.1) is 0 Å². The van der Waals surface area contributed by atoms with Gasteiger partial charge in [0.15, 0.2) is 5.75 Å². The van der Waals surface area contributed by atoms with E-state index in [1.807, 2.05) is 30.3 Å². The Kier molecular flexibility index (Phi) is 12.5. The van der Waals surface area contributed by atoms with Crippen LogP contribution in [0.3, 0.4) is 0 Å². The molecule has 1 N–H and O–H groups in total. The van der Waals surface area contributed by atoms with Gasteiger partial charge in [0.1, 0.15) is 28.1 Å². The molecule has 0 aromatic heterocycles. The molecule has 6 rings (SSSR count). The smallest absolute Gasteiger partial charge is 0.295 e. The Labute approximate surface area is 330 Å². The lowest BCUT2D eigenvalue weighted by molar-refractivity contribution is 0.483. The molecule has 1 heterocycles. The number of fused-ring (bicyclic) bond motifs is 2. The molecule has 11 heteroatoms. The van der Waals surface area contributed by atoms with Gasteiger partial charge >= 0.3 is 0 Å². The third-order valence-electron chi connectivity index (χ3n) is 9.16. The van der Waals surface area contributed by atoms with Crippen molar-refractivity contribution in [3.05, 3.63) is 134 Å². The Morgan fingerprint density at radius 3 is 1.83 bits per heavy atom. The van der Waals surface area contributed by atoms with Gasteiger partial charge in [-0.3, -0.25) is 9.35 Å². The van der Waals surface area contributed by atoms with E-state index in [0.29, 0.717) is 22.1 Å². The average Bonchev–Trinajstić information content (AvgIpc) is 3.16. The summed E-state index contributed by atoms with van der Waals surface area (Å²) in [7, 11) is -4.76. The highest BCUT2D eigenvalue weighted by molar-refractivity contribution is 7.86. The van der Waals surface area contributed by atoms with Gasteiger partial charge in [-0.25, -0.2) is 0 Å². The molecule has 0 fully saturated rings. The standard InChI is InChI=1S/C43H38Cl3NO6S/c1-3-5-21-47(22-6-4-2)32-18-15-30(16-19-32)12-11-28-7-9-29(10-8-28)13-14-31-17-20-33(42(23-31)54(49,50)51)43-34-24-36(44)38(48)26-39(34)52-40-27-41(53-46)37(45)25-35(40)43/h7-20,23-27H,3-6,21-22H2,1-2H3,(H,49,50,51)/b12-11+,14-13+. The molecule has 0 amide bonds. The zero-order valence-corrected chi connectivity index (χ0v) is 32.8. The van der Waals surface area contributed by atoms with Crippen molar-refractivity contribution in [1.82, 2.24) is 0 Å². The van der Waals surface area contributed by atoms with Gasteiger partial charge in [0.25, 0.3) is 10.1 Å². The minimum atomic E-state index is -4.76. The van der Waals surface area contributed by atoms with Crippen LogP contribution in [0.15, 0.2) is 105 Å². The normalized spacial score (nSPS) is 12.0. The monoisotopic (exact) mass is 801 g/mol. The number of hydrogen-bond donors (Lipinski definition) is 1. The van der Waals surface area contributed by atoms with Gasteiger partial charge in [-0.2, -0.15) is 8.42 Å². The van der Waals surface area contributed by atoms with Crippen LogP contribution >= 0.6 is 35.1 Å². The fourth-order valence-corrected chi connectivity index (χ4v) is 7.54. The second-order valence-electron chi connectivity index (χ2n) is 13.0. The molecule has 278 valence electrons. The number of anilines is 1. The highest BCUT2D eigenvalue weighted by atomic mass is 35.5. The van der Waals surface area contributed by atoms with E-state index in [4.69, 9.17) is 43.8 Å². The first kappa shape index (κ1) is 39.1. The lowest BCUT2D eigenvalue weighted by Crippen LogP contribution is -2.25. The quantitative estimate of drug-likeness (QED) is 0.0665. The van der Waals surface area contributed by atoms with E-state index in [9.17, 15) is 17.8 Å². The minimum Gasteiger partial charge on any atom is -0.456 e. The first-order chi connectivity index (χ1) is 26.0. The summed E-state index contributed by atoms with van der Waals surface area (Å²) in [6.45, 7) is 6.59. The van der Waals surface area contributed by atoms with Crippen LogP contribution in [-0.4, -0.2) is 26.1 Å². The molecular weight excluding hydrogens is 765 g/mol. The van der Waals surface area contributed by atoms with E-state index in [-0.39, 0.29) is 37.6 Å². The molecule has 0 saturated heterocycles. The van der Waals surface area contributed by atoms with Crippen LogP contribution < -0.4 is 14.6 Å². The molecule has 4 aromatic rings.